The number of methoxy groups -OCH3 is 1. The van der Waals surface area contributed by atoms with E-state index in [2.05, 4.69) is 34.3 Å². The molecule has 0 N–H and O–H groups in total. The number of esters is 1. The first-order valence-electron chi connectivity index (χ1n) is 8.16. The van der Waals surface area contributed by atoms with Gasteiger partial charge in [0.15, 0.2) is 0 Å². The molecule has 0 radical (unpaired) electrons. The van der Waals surface area contributed by atoms with Crippen LogP contribution < -0.4 is 0 Å². The summed E-state index contributed by atoms with van der Waals surface area (Å²) in [5.41, 5.74) is -0.663. The lowest BCUT2D eigenvalue weighted by Gasteiger charge is -2.38. The second kappa shape index (κ2) is 10.0. The van der Waals surface area contributed by atoms with Crippen LogP contribution in [0.25, 0.3) is 0 Å². The topological polar surface area (TPSA) is 44.8 Å². The van der Waals surface area contributed by atoms with Crippen molar-refractivity contribution < 1.29 is 19.0 Å². The van der Waals surface area contributed by atoms with Gasteiger partial charge in [0.2, 0.25) is 0 Å². The highest BCUT2D eigenvalue weighted by atomic mass is 16.7. The van der Waals surface area contributed by atoms with Crippen LogP contribution in [0.3, 0.4) is 0 Å². The van der Waals surface area contributed by atoms with Crippen molar-refractivity contribution in [1.29, 1.82) is 0 Å². The van der Waals surface area contributed by atoms with Crippen molar-refractivity contribution in [2.45, 2.75) is 66.4 Å². The van der Waals surface area contributed by atoms with Crippen LogP contribution in [-0.2, 0) is 19.0 Å². The summed E-state index contributed by atoms with van der Waals surface area (Å²) in [4.78, 5) is 12.6. The molecule has 0 saturated heterocycles. The fraction of sp³-hybridized carbons (Fsp3) is 0.833. The quantitative estimate of drug-likeness (QED) is 0.323. The molecular weight excluding hydrogens is 280 g/mol. The third-order valence-corrected chi connectivity index (χ3v) is 3.90. The molecule has 4 nitrogen and oxygen atoms in total. The van der Waals surface area contributed by atoms with Crippen molar-refractivity contribution in [3.8, 4) is 0 Å². The zero-order valence-electron chi connectivity index (χ0n) is 15.2. The van der Waals surface area contributed by atoms with Gasteiger partial charge in [-0.25, -0.2) is 0 Å². The van der Waals surface area contributed by atoms with Crippen LogP contribution in [0.1, 0.15) is 60.3 Å². The summed E-state index contributed by atoms with van der Waals surface area (Å²) in [6, 6.07) is 0. The zero-order chi connectivity index (χ0) is 17.2. The summed E-state index contributed by atoms with van der Waals surface area (Å²) in [6.45, 7) is 14.7. The third-order valence-electron chi connectivity index (χ3n) is 3.90. The molecule has 0 aromatic heterocycles. The summed E-state index contributed by atoms with van der Waals surface area (Å²) >= 11 is 0. The first-order valence-corrected chi connectivity index (χ1v) is 8.16. The normalized spacial score (nSPS) is 15.9. The van der Waals surface area contributed by atoms with Gasteiger partial charge < -0.3 is 14.2 Å². The number of carbonyl (C=O) groups excluding carboxylic acids is 1. The van der Waals surface area contributed by atoms with Crippen molar-refractivity contribution in [1.82, 2.24) is 0 Å². The molecule has 0 aromatic rings. The molecule has 0 saturated carbocycles. The predicted octanol–water partition coefficient (Wildman–Crippen LogP) is 4.34. The SMILES string of the molecule is C=CC[C@@](CCC)(C[C@H](OCOC)C(C)(C)C)C(=O)OCC. The first kappa shape index (κ1) is 21.1. The Balaban J connectivity index is 5.42. The minimum atomic E-state index is -0.571. The summed E-state index contributed by atoms with van der Waals surface area (Å²) in [5.74, 6) is -0.146. The number of allylic oxidation sites excluding steroid dienone is 1. The van der Waals surface area contributed by atoms with Gasteiger partial charge >= 0.3 is 5.97 Å². The van der Waals surface area contributed by atoms with E-state index in [9.17, 15) is 4.79 Å². The molecule has 0 aliphatic rings. The van der Waals surface area contributed by atoms with Crippen molar-refractivity contribution in [2.75, 3.05) is 20.5 Å². The molecule has 0 rings (SSSR count). The molecule has 0 aromatic carbocycles. The zero-order valence-corrected chi connectivity index (χ0v) is 15.2. The predicted molar refractivity (Wildman–Crippen MR) is 89.6 cm³/mol. The Morgan fingerprint density at radius 2 is 1.91 bits per heavy atom. The van der Waals surface area contributed by atoms with Gasteiger partial charge in [0.25, 0.3) is 0 Å². The highest BCUT2D eigenvalue weighted by Crippen LogP contribution is 2.40. The Labute approximate surface area is 136 Å². The molecule has 0 amide bonds. The monoisotopic (exact) mass is 314 g/mol. The Bertz CT molecular complexity index is 332. The van der Waals surface area contributed by atoms with Gasteiger partial charge in [-0.3, -0.25) is 4.79 Å². The van der Waals surface area contributed by atoms with Crippen LogP contribution in [0.15, 0.2) is 12.7 Å². The first-order chi connectivity index (χ1) is 10.3. The van der Waals surface area contributed by atoms with Crippen molar-refractivity contribution in [2.24, 2.45) is 10.8 Å². The van der Waals surface area contributed by atoms with E-state index in [0.29, 0.717) is 19.4 Å². The summed E-state index contributed by atoms with van der Waals surface area (Å²) in [5, 5.41) is 0. The molecular formula is C18H34O4. The van der Waals surface area contributed by atoms with Gasteiger partial charge in [0.05, 0.1) is 18.1 Å². The number of carbonyl (C=O) groups is 1. The fourth-order valence-electron chi connectivity index (χ4n) is 2.72. The molecule has 2 atom stereocenters. The van der Waals surface area contributed by atoms with Gasteiger partial charge in [-0.15, -0.1) is 6.58 Å². The van der Waals surface area contributed by atoms with Crippen molar-refractivity contribution in [3.05, 3.63) is 12.7 Å². The fourth-order valence-corrected chi connectivity index (χ4v) is 2.72. The molecule has 0 fully saturated rings. The van der Waals surface area contributed by atoms with E-state index in [-0.39, 0.29) is 24.3 Å². The van der Waals surface area contributed by atoms with E-state index < -0.39 is 5.41 Å². The van der Waals surface area contributed by atoms with Gasteiger partial charge in [0.1, 0.15) is 6.79 Å². The minimum absolute atomic E-state index is 0.0921. The molecule has 0 heterocycles. The molecule has 0 aliphatic carbocycles. The van der Waals surface area contributed by atoms with Gasteiger partial charge in [0, 0.05) is 7.11 Å². The third kappa shape index (κ3) is 6.49. The maximum atomic E-state index is 12.6. The van der Waals surface area contributed by atoms with Crippen LogP contribution in [0, 0.1) is 10.8 Å². The van der Waals surface area contributed by atoms with E-state index >= 15 is 0 Å². The number of ether oxygens (including phenoxy) is 3. The van der Waals surface area contributed by atoms with Gasteiger partial charge in [-0.2, -0.15) is 0 Å². The number of rotatable bonds is 11. The Morgan fingerprint density at radius 1 is 1.27 bits per heavy atom. The highest BCUT2D eigenvalue weighted by Gasteiger charge is 2.43. The van der Waals surface area contributed by atoms with Crippen LogP contribution in [0.5, 0.6) is 0 Å². The molecule has 130 valence electrons. The molecule has 4 heteroatoms. The second-order valence-corrected chi connectivity index (χ2v) is 6.88. The Hall–Kier alpha value is -0.870. The lowest BCUT2D eigenvalue weighted by molar-refractivity contribution is -0.165. The Kier molecular flexibility index (Phi) is 9.61. The van der Waals surface area contributed by atoms with Gasteiger partial charge in [-0.1, -0.05) is 40.2 Å². The smallest absolute Gasteiger partial charge is 0.312 e. The van der Waals surface area contributed by atoms with Crippen LogP contribution in [-0.4, -0.2) is 32.6 Å². The molecule has 22 heavy (non-hydrogen) atoms. The van der Waals surface area contributed by atoms with Crippen LogP contribution in [0.4, 0.5) is 0 Å². The van der Waals surface area contributed by atoms with E-state index in [4.69, 9.17) is 14.2 Å². The van der Waals surface area contributed by atoms with E-state index in [0.717, 1.165) is 12.8 Å². The van der Waals surface area contributed by atoms with E-state index in [1.165, 1.54) is 0 Å². The van der Waals surface area contributed by atoms with E-state index in [1.54, 1.807) is 7.11 Å². The van der Waals surface area contributed by atoms with Gasteiger partial charge in [-0.05, 0) is 31.6 Å². The van der Waals surface area contributed by atoms with Crippen LogP contribution in [0.2, 0.25) is 0 Å². The summed E-state index contributed by atoms with van der Waals surface area (Å²) < 4.78 is 16.3. The van der Waals surface area contributed by atoms with Crippen LogP contribution >= 0.6 is 0 Å². The highest BCUT2D eigenvalue weighted by molar-refractivity contribution is 5.77. The minimum Gasteiger partial charge on any atom is -0.466 e. The maximum Gasteiger partial charge on any atom is 0.312 e. The lowest BCUT2D eigenvalue weighted by atomic mass is 9.71. The second-order valence-electron chi connectivity index (χ2n) is 6.88. The molecule has 0 unspecified atom stereocenters. The van der Waals surface area contributed by atoms with Crippen molar-refractivity contribution in [3.63, 3.8) is 0 Å². The lowest BCUT2D eigenvalue weighted by Crippen LogP contribution is -2.41. The summed E-state index contributed by atoms with van der Waals surface area (Å²) in [7, 11) is 1.61. The number of hydrogen-bond acceptors (Lipinski definition) is 4. The summed E-state index contributed by atoms with van der Waals surface area (Å²) in [6.07, 6.45) is 4.60. The largest absolute Gasteiger partial charge is 0.466 e. The number of hydrogen-bond donors (Lipinski definition) is 0. The van der Waals surface area contributed by atoms with Crippen molar-refractivity contribution >= 4 is 5.97 Å². The average molecular weight is 314 g/mol. The molecule has 0 bridgehead atoms. The molecule has 0 aliphatic heterocycles. The van der Waals surface area contributed by atoms with E-state index in [1.807, 2.05) is 13.0 Å². The maximum absolute atomic E-state index is 12.6. The Morgan fingerprint density at radius 3 is 2.32 bits per heavy atom. The standard InChI is InChI=1S/C18H34O4/c1-8-11-18(12-9-2,16(19)21-10-3)13-15(17(4,5)6)22-14-20-7/h8,15H,1,9-14H2,2-7H3/t15-,18+/m0/s1. The molecule has 0 spiro atoms. The average Bonchev–Trinajstić information content (AvgIpc) is 2.42.